The summed E-state index contributed by atoms with van der Waals surface area (Å²) in [5, 5.41) is 0. The summed E-state index contributed by atoms with van der Waals surface area (Å²) in [7, 11) is 0. The highest BCUT2D eigenvalue weighted by molar-refractivity contribution is 6.15. The van der Waals surface area contributed by atoms with Crippen LogP contribution in [0.3, 0.4) is 0 Å². The van der Waals surface area contributed by atoms with Crippen LogP contribution in [0.5, 0.6) is 17.2 Å². The fraction of sp³-hybridized carbons (Fsp3) is 0.222. The molecule has 0 radical (unpaired) electrons. The van der Waals surface area contributed by atoms with Gasteiger partial charge in [0.2, 0.25) is 5.78 Å². The minimum absolute atomic E-state index is 0.104. The molecule has 0 amide bonds. The van der Waals surface area contributed by atoms with E-state index in [4.69, 9.17) is 14.2 Å². The number of ketones is 1. The molecule has 0 aromatic heterocycles. The molecule has 162 valence electrons. The Hall–Kier alpha value is -3.57. The third kappa shape index (κ3) is 3.99. The van der Waals surface area contributed by atoms with E-state index in [1.165, 1.54) is 11.1 Å². The van der Waals surface area contributed by atoms with Crippen molar-refractivity contribution in [3.8, 4) is 17.2 Å². The molecule has 0 aliphatic carbocycles. The van der Waals surface area contributed by atoms with Crippen molar-refractivity contribution in [2.75, 3.05) is 13.3 Å². The summed E-state index contributed by atoms with van der Waals surface area (Å²) >= 11 is 0. The van der Waals surface area contributed by atoms with Crippen molar-refractivity contribution >= 4 is 11.9 Å². The SMILES string of the molecule is CCOc1ccc(/C=C2\Oc3c(ccc4c3CN(Cc3ccc(C)cc3)CO4)C2=O)cc1. The number of aryl methyl sites for hydroxylation is 1. The van der Waals surface area contributed by atoms with E-state index in [9.17, 15) is 4.79 Å². The van der Waals surface area contributed by atoms with Crippen molar-refractivity contribution in [2.24, 2.45) is 0 Å². The zero-order chi connectivity index (χ0) is 22.1. The van der Waals surface area contributed by atoms with Crippen LogP contribution in [0, 0.1) is 6.92 Å². The number of benzene rings is 3. The van der Waals surface area contributed by atoms with Crippen molar-refractivity contribution in [1.82, 2.24) is 4.90 Å². The van der Waals surface area contributed by atoms with Gasteiger partial charge in [-0.2, -0.15) is 0 Å². The van der Waals surface area contributed by atoms with E-state index in [-0.39, 0.29) is 5.78 Å². The fourth-order valence-corrected chi connectivity index (χ4v) is 4.04. The molecule has 0 N–H and O–H groups in total. The van der Waals surface area contributed by atoms with Crippen LogP contribution in [0.2, 0.25) is 0 Å². The number of carbonyl (C=O) groups is 1. The second kappa shape index (κ2) is 8.52. The lowest BCUT2D eigenvalue weighted by atomic mass is 10.0. The lowest BCUT2D eigenvalue weighted by molar-refractivity contribution is 0.0873. The van der Waals surface area contributed by atoms with Gasteiger partial charge >= 0.3 is 0 Å². The topological polar surface area (TPSA) is 48.0 Å². The highest BCUT2D eigenvalue weighted by Gasteiger charge is 2.33. The van der Waals surface area contributed by atoms with E-state index in [2.05, 4.69) is 36.1 Å². The molecule has 3 aromatic rings. The standard InChI is InChI=1S/C27H25NO4/c1-3-30-21-10-8-19(9-11-21)14-25-26(29)22-12-13-24-23(27(22)32-25)16-28(17-31-24)15-20-6-4-18(2)5-7-20/h4-14H,3,15-17H2,1-2H3/b25-14-. The molecular formula is C27H25NO4. The zero-order valence-electron chi connectivity index (χ0n) is 18.3. The fourth-order valence-electron chi connectivity index (χ4n) is 4.04. The van der Waals surface area contributed by atoms with E-state index in [0.29, 0.717) is 37.0 Å². The van der Waals surface area contributed by atoms with Gasteiger partial charge < -0.3 is 14.2 Å². The first-order valence-corrected chi connectivity index (χ1v) is 10.8. The Bertz CT molecular complexity index is 1180. The summed E-state index contributed by atoms with van der Waals surface area (Å²) in [6, 6.07) is 19.8. The van der Waals surface area contributed by atoms with Gasteiger partial charge in [0.25, 0.3) is 0 Å². The second-order valence-corrected chi connectivity index (χ2v) is 8.11. The maximum atomic E-state index is 13.0. The van der Waals surface area contributed by atoms with Crippen LogP contribution in [0.4, 0.5) is 0 Å². The molecule has 0 bridgehead atoms. The van der Waals surface area contributed by atoms with E-state index in [1.54, 1.807) is 12.1 Å². The number of nitrogens with zero attached hydrogens (tertiary/aromatic N) is 1. The van der Waals surface area contributed by atoms with Gasteiger partial charge in [0.15, 0.2) is 5.76 Å². The zero-order valence-corrected chi connectivity index (χ0v) is 18.3. The van der Waals surface area contributed by atoms with Gasteiger partial charge in [-0.15, -0.1) is 0 Å². The number of fused-ring (bicyclic) bond motifs is 3. The molecule has 0 saturated carbocycles. The summed E-state index contributed by atoms with van der Waals surface area (Å²) in [6.07, 6.45) is 1.78. The van der Waals surface area contributed by atoms with Gasteiger partial charge in [0, 0.05) is 13.1 Å². The second-order valence-electron chi connectivity index (χ2n) is 8.11. The van der Waals surface area contributed by atoms with Crippen LogP contribution in [-0.2, 0) is 13.1 Å². The molecule has 0 unspecified atom stereocenters. The normalized spacial score (nSPS) is 16.3. The summed E-state index contributed by atoms with van der Waals surface area (Å²) < 4.78 is 17.6. The van der Waals surface area contributed by atoms with Crippen molar-refractivity contribution in [1.29, 1.82) is 0 Å². The summed E-state index contributed by atoms with van der Waals surface area (Å²) in [5.41, 5.74) is 4.86. The minimum atomic E-state index is -0.104. The Kier molecular flexibility index (Phi) is 5.41. The average Bonchev–Trinajstić information content (AvgIpc) is 3.12. The maximum Gasteiger partial charge on any atom is 0.231 e. The third-order valence-electron chi connectivity index (χ3n) is 5.70. The summed E-state index contributed by atoms with van der Waals surface area (Å²) in [4.78, 5) is 15.2. The molecule has 2 aliphatic rings. The molecule has 2 aliphatic heterocycles. The van der Waals surface area contributed by atoms with Crippen LogP contribution in [0.1, 0.15) is 39.5 Å². The molecule has 0 saturated heterocycles. The maximum absolute atomic E-state index is 13.0. The first-order valence-electron chi connectivity index (χ1n) is 10.8. The number of hydrogen-bond acceptors (Lipinski definition) is 5. The number of allylic oxidation sites excluding steroid dienone is 1. The number of ether oxygens (including phenoxy) is 3. The van der Waals surface area contributed by atoms with Crippen LogP contribution >= 0.6 is 0 Å². The van der Waals surface area contributed by atoms with Gasteiger partial charge in [-0.1, -0.05) is 42.0 Å². The lowest BCUT2D eigenvalue weighted by Gasteiger charge is -2.29. The average molecular weight is 428 g/mol. The van der Waals surface area contributed by atoms with Crippen LogP contribution in [-0.4, -0.2) is 24.0 Å². The van der Waals surface area contributed by atoms with E-state index in [0.717, 1.165) is 29.2 Å². The van der Waals surface area contributed by atoms with Crippen LogP contribution in [0.15, 0.2) is 66.4 Å². The smallest absolute Gasteiger partial charge is 0.231 e. The van der Waals surface area contributed by atoms with Gasteiger partial charge in [-0.3, -0.25) is 9.69 Å². The van der Waals surface area contributed by atoms with Crippen LogP contribution < -0.4 is 14.2 Å². The minimum Gasteiger partial charge on any atom is -0.494 e. The number of hydrogen-bond donors (Lipinski definition) is 0. The molecular weight excluding hydrogens is 402 g/mol. The Morgan fingerprint density at radius 1 is 1.03 bits per heavy atom. The molecule has 32 heavy (non-hydrogen) atoms. The third-order valence-corrected chi connectivity index (χ3v) is 5.70. The van der Waals surface area contributed by atoms with E-state index >= 15 is 0 Å². The molecule has 0 spiro atoms. The van der Waals surface area contributed by atoms with Crippen molar-refractivity contribution in [3.63, 3.8) is 0 Å². The molecule has 0 atom stereocenters. The molecule has 5 rings (SSSR count). The van der Waals surface area contributed by atoms with E-state index in [1.807, 2.05) is 37.3 Å². The van der Waals surface area contributed by atoms with Crippen molar-refractivity contribution < 1.29 is 19.0 Å². The first kappa shape index (κ1) is 20.3. The summed E-state index contributed by atoms with van der Waals surface area (Å²) in [6.45, 7) is 6.58. The number of Topliss-reactive ketones (excluding diaryl/α,β-unsaturated/α-hetero) is 1. The quantitative estimate of drug-likeness (QED) is 0.513. The van der Waals surface area contributed by atoms with Gasteiger partial charge in [0.05, 0.1) is 17.7 Å². The van der Waals surface area contributed by atoms with Crippen molar-refractivity contribution in [3.05, 3.63) is 94.2 Å². The lowest BCUT2D eigenvalue weighted by Crippen LogP contribution is -2.31. The molecule has 3 aromatic carbocycles. The molecule has 2 heterocycles. The van der Waals surface area contributed by atoms with Crippen molar-refractivity contribution in [2.45, 2.75) is 26.9 Å². The monoisotopic (exact) mass is 427 g/mol. The highest BCUT2D eigenvalue weighted by atomic mass is 16.5. The first-order chi connectivity index (χ1) is 15.6. The number of carbonyl (C=O) groups excluding carboxylic acids is 1. The number of rotatable bonds is 5. The largest absolute Gasteiger partial charge is 0.494 e. The predicted molar refractivity (Wildman–Crippen MR) is 123 cm³/mol. The Labute approximate surface area is 187 Å². The Morgan fingerprint density at radius 2 is 1.81 bits per heavy atom. The van der Waals surface area contributed by atoms with Crippen LogP contribution in [0.25, 0.3) is 6.08 Å². The highest BCUT2D eigenvalue weighted by Crippen LogP contribution is 2.42. The van der Waals surface area contributed by atoms with Gasteiger partial charge in [-0.05, 0) is 55.3 Å². The Morgan fingerprint density at radius 3 is 2.56 bits per heavy atom. The molecule has 5 nitrogen and oxygen atoms in total. The molecule has 0 fully saturated rings. The molecule has 5 heteroatoms. The summed E-state index contributed by atoms with van der Waals surface area (Å²) in [5.74, 6) is 2.41. The van der Waals surface area contributed by atoms with E-state index < -0.39 is 0 Å². The van der Waals surface area contributed by atoms with Gasteiger partial charge in [0.1, 0.15) is 24.0 Å². The predicted octanol–water partition coefficient (Wildman–Crippen LogP) is 5.36. The Balaban J connectivity index is 1.37. The van der Waals surface area contributed by atoms with Gasteiger partial charge in [-0.25, -0.2) is 0 Å².